The molecule has 3 aromatic rings. The highest BCUT2D eigenvalue weighted by Crippen LogP contribution is 2.31. The Balaban J connectivity index is 1.58. The lowest BCUT2D eigenvalue weighted by Gasteiger charge is -2.36. The first-order valence-corrected chi connectivity index (χ1v) is 11.1. The van der Waals surface area contributed by atoms with Gasteiger partial charge >= 0.3 is 6.03 Å². The second-order valence-electron chi connectivity index (χ2n) is 8.12. The van der Waals surface area contributed by atoms with E-state index in [2.05, 4.69) is 24.4 Å². The number of carbonyl (C=O) groups excluding carboxylic acids is 2. The van der Waals surface area contributed by atoms with Crippen molar-refractivity contribution in [3.63, 3.8) is 0 Å². The molecular weight excluding hydrogens is 422 g/mol. The van der Waals surface area contributed by atoms with Gasteiger partial charge in [0.2, 0.25) is 0 Å². The Morgan fingerprint density at radius 2 is 1.75 bits per heavy atom. The maximum absolute atomic E-state index is 13.4. The molecule has 1 saturated heterocycles. The van der Waals surface area contributed by atoms with Gasteiger partial charge in [0.25, 0.3) is 5.91 Å². The predicted molar refractivity (Wildman–Crippen MR) is 130 cm³/mol. The van der Waals surface area contributed by atoms with E-state index in [9.17, 15) is 9.59 Å². The number of amides is 3. The Hall–Kier alpha value is -3.31. The van der Waals surface area contributed by atoms with Gasteiger partial charge in [-0.1, -0.05) is 41.9 Å². The normalized spacial score (nSPS) is 13.9. The summed E-state index contributed by atoms with van der Waals surface area (Å²) < 4.78 is 0. The van der Waals surface area contributed by atoms with Crippen molar-refractivity contribution in [3.05, 3.63) is 94.0 Å². The van der Waals surface area contributed by atoms with Crippen LogP contribution in [0.3, 0.4) is 0 Å². The number of halogens is 1. The number of hydrogen-bond donors (Lipinski definition) is 1. The molecule has 5 nitrogen and oxygen atoms in total. The Morgan fingerprint density at radius 1 is 1.00 bits per heavy atom. The van der Waals surface area contributed by atoms with E-state index in [1.54, 1.807) is 29.2 Å². The van der Waals surface area contributed by atoms with E-state index < -0.39 is 0 Å². The van der Waals surface area contributed by atoms with Crippen LogP contribution in [-0.2, 0) is 6.54 Å². The number of anilines is 2. The molecule has 6 heteroatoms. The van der Waals surface area contributed by atoms with Gasteiger partial charge in [-0.2, -0.15) is 0 Å². The van der Waals surface area contributed by atoms with Crippen LogP contribution in [0.25, 0.3) is 0 Å². The summed E-state index contributed by atoms with van der Waals surface area (Å²) in [5.41, 5.74) is 5.15. The number of rotatable bonds is 5. The van der Waals surface area contributed by atoms with Crippen molar-refractivity contribution in [1.82, 2.24) is 4.90 Å². The highest BCUT2D eigenvalue weighted by molar-refractivity contribution is 6.30. The number of hydrogen-bond acceptors (Lipinski definition) is 2. The smallest absolute Gasteiger partial charge is 0.320 e. The van der Waals surface area contributed by atoms with Crippen molar-refractivity contribution < 1.29 is 9.59 Å². The highest BCUT2D eigenvalue weighted by Gasteiger charge is 2.29. The number of benzene rings is 3. The third-order valence-corrected chi connectivity index (χ3v) is 5.98. The maximum atomic E-state index is 13.4. The molecule has 3 aromatic carbocycles. The fourth-order valence-electron chi connectivity index (χ4n) is 3.93. The van der Waals surface area contributed by atoms with Gasteiger partial charge in [-0.05, 0) is 73.4 Å². The van der Waals surface area contributed by atoms with Gasteiger partial charge in [0.15, 0.2) is 0 Å². The van der Waals surface area contributed by atoms with Crippen LogP contribution in [0.4, 0.5) is 16.2 Å². The zero-order valence-corrected chi connectivity index (χ0v) is 19.0. The van der Waals surface area contributed by atoms with Crippen LogP contribution in [-0.4, -0.2) is 29.9 Å². The summed E-state index contributed by atoms with van der Waals surface area (Å²) in [6, 6.07) is 20.6. The van der Waals surface area contributed by atoms with Crippen LogP contribution in [0, 0.1) is 13.8 Å². The zero-order valence-electron chi connectivity index (χ0n) is 18.3. The van der Waals surface area contributed by atoms with Gasteiger partial charge in [-0.3, -0.25) is 9.69 Å². The van der Waals surface area contributed by atoms with E-state index in [1.165, 1.54) is 5.56 Å². The van der Waals surface area contributed by atoms with Crippen LogP contribution in [0.5, 0.6) is 0 Å². The molecule has 0 aliphatic carbocycles. The van der Waals surface area contributed by atoms with Crippen molar-refractivity contribution in [2.75, 3.05) is 23.3 Å². The minimum atomic E-state index is -0.241. The van der Waals surface area contributed by atoms with E-state index in [-0.39, 0.29) is 11.9 Å². The fraction of sp³-hybridized carbons (Fsp3) is 0.231. The number of nitrogens with one attached hydrogen (secondary N) is 1. The molecule has 0 radical (unpaired) electrons. The van der Waals surface area contributed by atoms with Crippen molar-refractivity contribution in [3.8, 4) is 0 Å². The molecule has 0 saturated carbocycles. The molecule has 0 atom stereocenters. The molecule has 1 N–H and O–H groups in total. The third-order valence-electron chi connectivity index (χ3n) is 5.73. The molecule has 0 bridgehead atoms. The number of carbonyl (C=O) groups is 2. The second-order valence-corrected chi connectivity index (χ2v) is 8.55. The molecule has 4 rings (SSSR count). The SMILES string of the molecule is Cc1ccc(N2CCCN(Cc3ccccc3C)C2=O)c(NC(=O)c2ccc(Cl)cc2)c1. The Kier molecular flexibility index (Phi) is 6.47. The van der Waals surface area contributed by atoms with Crippen molar-refractivity contribution in [2.45, 2.75) is 26.8 Å². The minimum absolute atomic E-state index is 0.0506. The summed E-state index contributed by atoms with van der Waals surface area (Å²) >= 11 is 5.94. The number of aryl methyl sites for hydroxylation is 2. The summed E-state index contributed by atoms with van der Waals surface area (Å²) in [5.74, 6) is -0.241. The van der Waals surface area contributed by atoms with Crippen LogP contribution in [0.2, 0.25) is 5.02 Å². The summed E-state index contributed by atoms with van der Waals surface area (Å²) in [6.07, 6.45) is 0.857. The summed E-state index contributed by atoms with van der Waals surface area (Å²) in [6.45, 7) is 5.91. The topological polar surface area (TPSA) is 52.6 Å². The van der Waals surface area contributed by atoms with E-state index in [0.717, 1.165) is 17.5 Å². The van der Waals surface area contributed by atoms with E-state index in [0.29, 0.717) is 41.6 Å². The number of urea groups is 1. The Labute approximate surface area is 193 Å². The van der Waals surface area contributed by atoms with Crippen LogP contribution >= 0.6 is 11.6 Å². The fourth-order valence-corrected chi connectivity index (χ4v) is 4.05. The lowest BCUT2D eigenvalue weighted by atomic mass is 10.1. The molecule has 3 amide bonds. The van der Waals surface area contributed by atoms with Gasteiger partial charge in [-0.15, -0.1) is 0 Å². The molecule has 1 aliphatic heterocycles. The molecule has 0 spiro atoms. The van der Waals surface area contributed by atoms with Gasteiger partial charge in [0.05, 0.1) is 11.4 Å². The molecule has 1 heterocycles. The van der Waals surface area contributed by atoms with Gasteiger partial charge < -0.3 is 10.2 Å². The lowest BCUT2D eigenvalue weighted by molar-refractivity contribution is 0.102. The molecule has 0 aromatic heterocycles. The zero-order chi connectivity index (χ0) is 22.7. The molecular formula is C26H26ClN3O2. The van der Waals surface area contributed by atoms with Crippen LogP contribution in [0.15, 0.2) is 66.7 Å². The Morgan fingerprint density at radius 3 is 2.50 bits per heavy atom. The molecule has 32 heavy (non-hydrogen) atoms. The molecule has 164 valence electrons. The van der Waals surface area contributed by atoms with E-state index >= 15 is 0 Å². The maximum Gasteiger partial charge on any atom is 0.324 e. The average Bonchev–Trinajstić information content (AvgIpc) is 2.77. The van der Waals surface area contributed by atoms with Crippen LogP contribution in [0.1, 0.15) is 33.5 Å². The molecule has 1 fully saturated rings. The summed E-state index contributed by atoms with van der Waals surface area (Å²) in [7, 11) is 0. The van der Waals surface area contributed by atoms with Crippen molar-refractivity contribution >= 4 is 34.9 Å². The van der Waals surface area contributed by atoms with Gasteiger partial charge in [0.1, 0.15) is 0 Å². The summed E-state index contributed by atoms with van der Waals surface area (Å²) in [4.78, 5) is 29.9. The van der Waals surface area contributed by atoms with Crippen molar-refractivity contribution in [2.24, 2.45) is 0 Å². The third kappa shape index (κ3) is 4.78. The molecule has 0 unspecified atom stereocenters. The van der Waals surface area contributed by atoms with Crippen molar-refractivity contribution in [1.29, 1.82) is 0 Å². The van der Waals surface area contributed by atoms with Gasteiger partial charge in [0, 0.05) is 30.2 Å². The first-order chi connectivity index (χ1) is 15.4. The highest BCUT2D eigenvalue weighted by atomic mass is 35.5. The second kappa shape index (κ2) is 9.45. The lowest BCUT2D eigenvalue weighted by Crippen LogP contribution is -2.49. The first kappa shape index (κ1) is 21.9. The standard InChI is InChI=1S/C26H26ClN3O2/c1-18-8-13-24(23(16-18)28-25(31)20-9-11-22(27)12-10-20)30-15-5-14-29(26(30)32)17-21-7-4-3-6-19(21)2/h3-4,6-13,16H,5,14-15,17H2,1-2H3,(H,28,31). The monoisotopic (exact) mass is 447 g/mol. The van der Waals surface area contributed by atoms with Crippen LogP contribution < -0.4 is 10.2 Å². The minimum Gasteiger partial charge on any atom is -0.320 e. The average molecular weight is 448 g/mol. The van der Waals surface area contributed by atoms with E-state index in [4.69, 9.17) is 11.6 Å². The first-order valence-electron chi connectivity index (χ1n) is 10.7. The largest absolute Gasteiger partial charge is 0.324 e. The van der Waals surface area contributed by atoms with Gasteiger partial charge in [-0.25, -0.2) is 4.79 Å². The predicted octanol–water partition coefficient (Wildman–Crippen LogP) is 6.04. The number of nitrogens with zero attached hydrogens (tertiary/aromatic N) is 2. The Bertz CT molecular complexity index is 1140. The molecule has 1 aliphatic rings. The summed E-state index contributed by atoms with van der Waals surface area (Å²) in [5, 5.41) is 3.56. The quantitative estimate of drug-likeness (QED) is 0.518. The van der Waals surface area contributed by atoms with E-state index in [1.807, 2.05) is 42.2 Å².